The molecule has 0 radical (unpaired) electrons. The molecule has 128 valence electrons. The van der Waals surface area contributed by atoms with Gasteiger partial charge in [0, 0.05) is 4.90 Å². The van der Waals surface area contributed by atoms with E-state index in [0.717, 1.165) is 23.4 Å². The Hall–Kier alpha value is -1.74. The zero-order chi connectivity index (χ0) is 17.0. The van der Waals surface area contributed by atoms with Gasteiger partial charge in [-0.1, -0.05) is 69.4 Å². The monoisotopic (exact) mass is 342 g/mol. The Balaban J connectivity index is 1.71. The maximum absolute atomic E-state index is 12.0. The standard InChI is InChI=1S/C21H26O2S/c1-2-3-4-5-6-8-11-18-14-16-19(17-15-18)21(22)23-24-20-12-9-7-10-13-20/h7,9-10,12-17H,2-6,8,11H2,1H3. The zero-order valence-electron chi connectivity index (χ0n) is 14.4. The van der Waals surface area contributed by atoms with Crippen molar-refractivity contribution in [2.45, 2.75) is 56.8 Å². The van der Waals surface area contributed by atoms with Gasteiger partial charge in [0.1, 0.15) is 0 Å². The van der Waals surface area contributed by atoms with Crippen molar-refractivity contribution in [3.8, 4) is 0 Å². The minimum absolute atomic E-state index is 0.296. The second-order valence-corrected chi connectivity index (χ2v) is 6.79. The van der Waals surface area contributed by atoms with E-state index in [1.807, 2.05) is 54.6 Å². The first kappa shape index (κ1) is 18.6. The molecule has 24 heavy (non-hydrogen) atoms. The molecule has 2 aromatic carbocycles. The Kier molecular flexibility index (Phi) is 8.47. The van der Waals surface area contributed by atoms with Crippen molar-refractivity contribution < 1.29 is 8.98 Å². The summed E-state index contributed by atoms with van der Waals surface area (Å²) >= 11 is 1.10. The van der Waals surface area contributed by atoms with Gasteiger partial charge in [-0.2, -0.15) is 0 Å². The van der Waals surface area contributed by atoms with E-state index in [2.05, 4.69) is 6.92 Å². The summed E-state index contributed by atoms with van der Waals surface area (Å²) in [6, 6.07) is 17.4. The van der Waals surface area contributed by atoms with Gasteiger partial charge >= 0.3 is 5.97 Å². The van der Waals surface area contributed by atoms with Crippen LogP contribution in [0, 0.1) is 0 Å². The minimum atomic E-state index is -0.296. The lowest BCUT2D eigenvalue weighted by Crippen LogP contribution is -2.00. The van der Waals surface area contributed by atoms with E-state index in [1.165, 1.54) is 44.1 Å². The van der Waals surface area contributed by atoms with Gasteiger partial charge in [0.25, 0.3) is 0 Å². The van der Waals surface area contributed by atoms with Crippen molar-refractivity contribution in [2.24, 2.45) is 0 Å². The number of carbonyl (C=O) groups is 1. The largest absolute Gasteiger partial charge is 0.382 e. The maximum atomic E-state index is 12.0. The van der Waals surface area contributed by atoms with Crippen LogP contribution < -0.4 is 0 Å². The van der Waals surface area contributed by atoms with Crippen molar-refractivity contribution in [2.75, 3.05) is 0 Å². The van der Waals surface area contributed by atoms with Crippen LogP contribution in [0.2, 0.25) is 0 Å². The van der Waals surface area contributed by atoms with E-state index >= 15 is 0 Å². The maximum Gasteiger partial charge on any atom is 0.350 e. The number of hydrogen-bond donors (Lipinski definition) is 0. The van der Waals surface area contributed by atoms with Crippen LogP contribution in [-0.2, 0) is 10.6 Å². The number of hydrogen-bond acceptors (Lipinski definition) is 3. The molecule has 0 atom stereocenters. The fourth-order valence-corrected chi connectivity index (χ4v) is 3.06. The number of benzene rings is 2. The van der Waals surface area contributed by atoms with Crippen molar-refractivity contribution >= 4 is 18.0 Å². The molecule has 0 unspecified atom stereocenters. The average molecular weight is 343 g/mol. The SMILES string of the molecule is CCCCCCCCc1ccc(C(=O)OSc2ccccc2)cc1. The molecule has 0 spiro atoms. The van der Waals surface area contributed by atoms with Crippen molar-refractivity contribution in [3.05, 3.63) is 65.7 Å². The smallest absolute Gasteiger partial charge is 0.350 e. The molecule has 0 aromatic heterocycles. The third-order valence-electron chi connectivity index (χ3n) is 3.97. The van der Waals surface area contributed by atoms with Gasteiger partial charge in [-0.3, -0.25) is 0 Å². The summed E-state index contributed by atoms with van der Waals surface area (Å²) in [5.41, 5.74) is 1.89. The minimum Gasteiger partial charge on any atom is -0.382 e. The van der Waals surface area contributed by atoms with Crippen molar-refractivity contribution in [1.82, 2.24) is 0 Å². The number of aryl methyl sites for hydroxylation is 1. The van der Waals surface area contributed by atoms with Crippen LogP contribution in [0.5, 0.6) is 0 Å². The van der Waals surface area contributed by atoms with Crippen LogP contribution >= 0.6 is 12.0 Å². The van der Waals surface area contributed by atoms with Crippen LogP contribution in [0.4, 0.5) is 0 Å². The predicted molar refractivity (Wildman–Crippen MR) is 101 cm³/mol. The Morgan fingerprint density at radius 2 is 1.54 bits per heavy atom. The molecule has 2 nitrogen and oxygen atoms in total. The van der Waals surface area contributed by atoms with E-state index in [-0.39, 0.29) is 5.97 Å². The summed E-state index contributed by atoms with van der Waals surface area (Å²) in [6.07, 6.45) is 8.91. The summed E-state index contributed by atoms with van der Waals surface area (Å²) in [5, 5.41) is 0. The first-order valence-electron chi connectivity index (χ1n) is 8.82. The Labute approximate surface area is 149 Å². The summed E-state index contributed by atoms with van der Waals surface area (Å²) in [7, 11) is 0. The van der Waals surface area contributed by atoms with Gasteiger partial charge in [-0.25, -0.2) is 4.79 Å². The molecule has 0 saturated heterocycles. The highest BCUT2D eigenvalue weighted by Crippen LogP contribution is 2.20. The second kappa shape index (κ2) is 10.9. The molecule has 0 aliphatic carbocycles. The second-order valence-electron chi connectivity index (χ2n) is 5.98. The highest BCUT2D eigenvalue weighted by atomic mass is 32.2. The van der Waals surface area contributed by atoms with E-state index in [9.17, 15) is 4.79 Å². The van der Waals surface area contributed by atoms with E-state index in [0.29, 0.717) is 5.56 Å². The van der Waals surface area contributed by atoms with Crippen LogP contribution in [0.3, 0.4) is 0 Å². The molecule has 0 heterocycles. The van der Waals surface area contributed by atoms with Gasteiger partial charge in [-0.15, -0.1) is 0 Å². The first-order valence-corrected chi connectivity index (χ1v) is 9.56. The fraction of sp³-hybridized carbons (Fsp3) is 0.381. The van der Waals surface area contributed by atoms with Gasteiger partial charge < -0.3 is 4.18 Å². The van der Waals surface area contributed by atoms with Crippen LogP contribution in [0.15, 0.2) is 59.5 Å². The lowest BCUT2D eigenvalue weighted by Gasteiger charge is -2.05. The summed E-state index contributed by atoms with van der Waals surface area (Å²) in [4.78, 5) is 13.0. The van der Waals surface area contributed by atoms with Gasteiger partial charge in [0.15, 0.2) is 0 Å². The molecule has 0 bridgehead atoms. The van der Waals surface area contributed by atoms with Crippen molar-refractivity contribution in [1.29, 1.82) is 0 Å². The molecular formula is C21H26O2S. The molecule has 0 N–H and O–H groups in total. The molecule has 0 fully saturated rings. The Morgan fingerprint density at radius 3 is 2.25 bits per heavy atom. The summed E-state index contributed by atoms with van der Waals surface area (Å²) < 4.78 is 5.27. The first-order chi connectivity index (χ1) is 11.8. The third-order valence-corrected chi connectivity index (χ3v) is 4.66. The number of rotatable bonds is 10. The molecule has 0 aliphatic rings. The number of unbranched alkanes of at least 4 members (excludes halogenated alkanes) is 5. The molecule has 0 saturated carbocycles. The molecule has 2 rings (SSSR count). The van der Waals surface area contributed by atoms with Gasteiger partial charge in [0.2, 0.25) is 0 Å². The van der Waals surface area contributed by atoms with Gasteiger partial charge in [0.05, 0.1) is 17.6 Å². The lowest BCUT2D eigenvalue weighted by atomic mass is 10.0. The Morgan fingerprint density at radius 1 is 0.875 bits per heavy atom. The van der Waals surface area contributed by atoms with Crippen LogP contribution in [-0.4, -0.2) is 5.97 Å². The molecular weight excluding hydrogens is 316 g/mol. The average Bonchev–Trinajstić information content (AvgIpc) is 2.64. The number of carbonyl (C=O) groups excluding carboxylic acids is 1. The molecule has 0 aliphatic heterocycles. The fourth-order valence-electron chi connectivity index (χ4n) is 2.53. The quantitative estimate of drug-likeness (QED) is 0.366. The van der Waals surface area contributed by atoms with Gasteiger partial charge in [-0.05, 0) is 42.7 Å². The van der Waals surface area contributed by atoms with E-state index in [4.69, 9.17) is 4.18 Å². The highest BCUT2D eigenvalue weighted by molar-refractivity contribution is 7.95. The van der Waals surface area contributed by atoms with Crippen LogP contribution in [0.1, 0.15) is 61.4 Å². The predicted octanol–water partition coefficient (Wildman–Crippen LogP) is 6.45. The third kappa shape index (κ3) is 6.79. The molecule has 0 amide bonds. The highest BCUT2D eigenvalue weighted by Gasteiger charge is 2.08. The summed E-state index contributed by atoms with van der Waals surface area (Å²) in [5.74, 6) is -0.296. The van der Waals surface area contributed by atoms with Crippen LogP contribution in [0.25, 0.3) is 0 Å². The summed E-state index contributed by atoms with van der Waals surface area (Å²) in [6.45, 7) is 2.24. The topological polar surface area (TPSA) is 26.3 Å². The lowest BCUT2D eigenvalue weighted by molar-refractivity contribution is 0.0768. The van der Waals surface area contributed by atoms with Crippen molar-refractivity contribution in [3.63, 3.8) is 0 Å². The molecule has 3 heteroatoms. The zero-order valence-corrected chi connectivity index (χ0v) is 15.2. The molecule has 2 aromatic rings. The van der Waals surface area contributed by atoms with E-state index < -0.39 is 0 Å². The normalized spacial score (nSPS) is 10.5. The van der Waals surface area contributed by atoms with E-state index in [1.54, 1.807) is 0 Å². The Bertz CT molecular complexity index is 593.